The number of methoxy groups -OCH3 is 1. The van der Waals surface area contributed by atoms with Gasteiger partial charge in [-0.25, -0.2) is 9.37 Å². The molecule has 0 saturated carbocycles. The van der Waals surface area contributed by atoms with Crippen LogP contribution in [0.4, 0.5) is 4.39 Å². The highest BCUT2D eigenvalue weighted by molar-refractivity contribution is 7.80. The number of benzene rings is 2. The van der Waals surface area contributed by atoms with Gasteiger partial charge in [0.15, 0.2) is 5.16 Å². The summed E-state index contributed by atoms with van der Waals surface area (Å²) in [5, 5.41) is 1.22. The molecule has 1 unspecified atom stereocenters. The topological polar surface area (TPSA) is 27.1 Å². The molecule has 0 fully saturated rings. The molecule has 1 heterocycles. The van der Waals surface area contributed by atoms with Crippen LogP contribution in [-0.4, -0.2) is 16.7 Å². The van der Waals surface area contributed by atoms with Crippen LogP contribution in [0.15, 0.2) is 41.6 Å². The molecule has 0 amide bonds. The third-order valence-electron chi connectivity index (χ3n) is 5.19. The molecule has 0 bridgehead atoms. The van der Waals surface area contributed by atoms with E-state index in [0.717, 1.165) is 41.9 Å². The standard InChI is InChI=1S/C21H20ClFN2OS/c1-12-10-14(7-9-17(12)23)25-20-15(4-3-5-18(20)24-21(25)27)13-6-8-16(22)19(11-13)26-2/h6-11,15H,3-5H2,1-2H3,(H,24,27). The van der Waals surface area contributed by atoms with Gasteiger partial charge in [-0.15, -0.1) is 12.6 Å². The van der Waals surface area contributed by atoms with Crippen LogP contribution in [0.25, 0.3) is 5.69 Å². The smallest absolute Gasteiger partial charge is 0.169 e. The summed E-state index contributed by atoms with van der Waals surface area (Å²) in [6, 6.07) is 11.0. The van der Waals surface area contributed by atoms with E-state index in [9.17, 15) is 4.39 Å². The first-order chi connectivity index (χ1) is 13.0. The van der Waals surface area contributed by atoms with Crippen LogP contribution in [0.1, 0.15) is 41.3 Å². The van der Waals surface area contributed by atoms with Crippen molar-refractivity contribution in [3.05, 3.63) is 69.8 Å². The molecule has 27 heavy (non-hydrogen) atoms. The second kappa shape index (κ2) is 7.21. The van der Waals surface area contributed by atoms with E-state index in [0.29, 0.717) is 21.5 Å². The molecule has 0 aliphatic heterocycles. The van der Waals surface area contributed by atoms with Gasteiger partial charge in [0.25, 0.3) is 0 Å². The van der Waals surface area contributed by atoms with Gasteiger partial charge in [0.2, 0.25) is 0 Å². The van der Waals surface area contributed by atoms with Crippen LogP contribution in [0.3, 0.4) is 0 Å². The zero-order valence-corrected chi connectivity index (χ0v) is 16.8. The Labute approximate surface area is 168 Å². The maximum absolute atomic E-state index is 13.8. The first-order valence-corrected chi connectivity index (χ1v) is 9.72. The Hall–Kier alpha value is -1.98. The molecule has 1 aliphatic carbocycles. The second-order valence-corrected chi connectivity index (χ2v) is 7.66. The molecule has 140 valence electrons. The Morgan fingerprint density at radius 3 is 2.81 bits per heavy atom. The lowest BCUT2D eigenvalue weighted by Crippen LogP contribution is -2.15. The van der Waals surface area contributed by atoms with Crippen molar-refractivity contribution in [2.45, 2.75) is 37.3 Å². The van der Waals surface area contributed by atoms with Gasteiger partial charge in [0.05, 0.1) is 23.5 Å². The van der Waals surface area contributed by atoms with E-state index >= 15 is 0 Å². The molecule has 1 aliphatic rings. The molecule has 0 spiro atoms. The average Bonchev–Trinajstić information content (AvgIpc) is 3.00. The number of aryl methyl sites for hydroxylation is 2. The summed E-state index contributed by atoms with van der Waals surface area (Å²) in [5.74, 6) is 0.599. The second-order valence-electron chi connectivity index (χ2n) is 6.85. The predicted octanol–water partition coefficient (Wildman–Crippen LogP) is 5.74. The van der Waals surface area contributed by atoms with Crippen molar-refractivity contribution in [3.8, 4) is 11.4 Å². The van der Waals surface area contributed by atoms with Crippen LogP contribution < -0.4 is 4.74 Å². The number of imidazole rings is 1. The van der Waals surface area contributed by atoms with Crippen LogP contribution >= 0.6 is 24.2 Å². The quantitative estimate of drug-likeness (QED) is 0.565. The van der Waals surface area contributed by atoms with E-state index in [-0.39, 0.29) is 11.7 Å². The fourth-order valence-corrected chi connectivity index (χ4v) is 4.39. The zero-order valence-electron chi connectivity index (χ0n) is 15.2. The summed E-state index contributed by atoms with van der Waals surface area (Å²) in [4.78, 5) is 4.69. The van der Waals surface area contributed by atoms with Gasteiger partial charge in [-0.05, 0) is 67.6 Å². The molecule has 0 radical (unpaired) electrons. The number of halogens is 2. The molecule has 6 heteroatoms. The van der Waals surface area contributed by atoms with Crippen molar-refractivity contribution in [1.82, 2.24) is 9.55 Å². The van der Waals surface area contributed by atoms with Gasteiger partial charge in [-0.2, -0.15) is 0 Å². The molecule has 1 atom stereocenters. The Balaban J connectivity index is 1.88. The van der Waals surface area contributed by atoms with Crippen LogP contribution in [0, 0.1) is 12.7 Å². The summed E-state index contributed by atoms with van der Waals surface area (Å²) in [5.41, 5.74) is 4.77. The van der Waals surface area contributed by atoms with Crippen LogP contribution in [0.5, 0.6) is 5.75 Å². The molecule has 4 rings (SSSR count). The first kappa shape index (κ1) is 18.4. The molecule has 1 aromatic heterocycles. The number of thiol groups is 1. The van der Waals surface area contributed by atoms with Crippen LogP contribution in [-0.2, 0) is 6.42 Å². The summed E-state index contributed by atoms with van der Waals surface area (Å²) < 4.78 is 21.2. The number of hydrogen-bond donors (Lipinski definition) is 1. The summed E-state index contributed by atoms with van der Waals surface area (Å²) in [6.45, 7) is 1.77. The summed E-state index contributed by atoms with van der Waals surface area (Å²) in [7, 11) is 1.62. The SMILES string of the molecule is COc1cc(C2CCCc3nc(S)n(-c4ccc(F)c(C)c4)c32)ccc1Cl. The lowest BCUT2D eigenvalue weighted by molar-refractivity contribution is 0.414. The number of nitrogens with zero attached hydrogens (tertiary/aromatic N) is 2. The monoisotopic (exact) mass is 402 g/mol. The van der Waals surface area contributed by atoms with Crippen molar-refractivity contribution >= 4 is 24.2 Å². The van der Waals surface area contributed by atoms with E-state index in [1.165, 1.54) is 6.07 Å². The Morgan fingerprint density at radius 1 is 1.26 bits per heavy atom. The minimum atomic E-state index is -0.215. The molecule has 0 saturated heterocycles. The first-order valence-electron chi connectivity index (χ1n) is 8.90. The van der Waals surface area contributed by atoms with E-state index in [1.807, 2.05) is 28.8 Å². The maximum atomic E-state index is 13.8. The Bertz CT molecular complexity index is 1020. The summed E-state index contributed by atoms with van der Waals surface area (Å²) >= 11 is 10.8. The highest BCUT2D eigenvalue weighted by Crippen LogP contribution is 2.41. The van der Waals surface area contributed by atoms with Crippen molar-refractivity contribution in [3.63, 3.8) is 0 Å². The fourth-order valence-electron chi connectivity index (χ4n) is 3.86. The van der Waals surface area contributed by atoms with Gasteiger partial charge in [0, 0.05) is 11.6 Å². The molecule has 3 aromatic rings. The zero-order chi connectivity index (χ0) is 19.1. The molecule has 0 N–H and O–H groups in total. The third kappa shape index (κ3) is 3.23. The summed E-state index contributed by atoms with van der Waals surface area (Å²) in [6.07, 6.45) is 2.96. The molecule has 2 aromatic carbocycles. The van der Waals surface area contributed by atoms with Crippen molar-refractivity contribution in [2.75, 3.05) is 7.11 Å². The van der Waals surface area contributed by atoms with E-state index in [4.69, 9.17) is 21.3 Å². The number of rotatable bonds is 3. The third-order valence-corrected chi connectivity index (χ3v) is 5.80. The van der Waals surface area contributed by atoms with Crippen LogP contribution in [0.2, 0.25) is 5.02 Å². The van der Waals surface area contributed by atoms with Gasteiger partial charge in [0.1, 0.15) is 11.6 Å². The minimum Gasteiger partial charge on any atom is -0.495 e. The number of ether oxygens (including phenoxy) is 1. The van der Waals surface area contributed by atoms with E-state index < -0.39 is 0 Å². The van der Waals surface area contributed by atoms with Gasteiger partial charge < -0.3 is 4.74 Å². The highest BCUT2D eigenvalue weighted by atomic mass is 35.5. The largest absolute Gasteiger partial charge is 0.495 e. The van der Waals surface area contributed by atoms with Crippen molar-refractivity contribution in [1.29, 1.82) is 0 Å². The minimum absolute atomic E-state index is 0.152. The Kier molecular flexibility index (Phi) is 4.91. The highest BCUT2D eigenvalue weighted by Gasteiger charge is 2.29. The molecule has 3 nitrogen and oxygen atoms in total. The maximum Gasteiger partial charge on any atom is 0.169 e. The lowest BCUT2D eigenvalue weighted by atomic mass is 9.84. The normalized spacial score (nSPS) is 16.3. The van der Waals surface area contributed by atoms with E-state index in [2.05, 4.69) is 12.6 Å². The molecular formula is C21H20ClFN2OS. The Morgan fingerprint density at radius 2 is 2.07 bits per heavy atom. The van der Waals surface area contributed by atoms with Gasteiger partial charge >= 0.3 is 0 Å². The lowest BCUT2D eigenvalue weighted by Gasteiger charge is -2.25. The number of fused-ring (bicyclic) bond motifs is 1. The van der Waals surface area contributed by atoms with Gasteiger partial charge in [-0.1, -0.05) is 17.7 Å². The fraction of sp³-hybridized carbons (Fsp3) is 0.286. The van der Waals surface area contributed by atoms with Crippen molar-refractivity contribution < 1.29 is 9.13 Å². The van der Waals surface area contributed by atoms with Gasteiger partial charge in [-0.3, -0.25) is 4.57 Å². The average molecular weight is 403 g/mol. The molecular weight excluding hydrogens is 383 g/mol. The van der Waals surface area contributed by atoms with Crippen molar-refractivity contribution in [2.24, 2.45) is 0 Å². The predicted molar refractivity (Wildman–Crippen MR) is 108 cm³/mol. The van der Waals surface area contributed by atoms with E-state index in [1.54, 1.807) is 20.1 Å². The number of aromatic nitrogens is 2. The number of hydrogen-bond acceptors (Lipinski definition) is 3.